The van der Waals surface area contributed by atoms with Crippen molar-refractivity contribution in [2.45, 2.75) is 63.8 Å². The Morgan fingerprint density at radius 1 is 1.06 bits per heavy atom. The number of piperazine rings is 1. The number of alkyl halides is 2. The molecule has 1 aromatic rings. The van der Waals surface area contributed by atoms with Gasteiger partial charge in [-0.2, -0.15) is 0 Å². The first-order valence-corrected chi connectivity index (χ1v) is 12.2. The summed E-state index contributed by atoms with van der Waals surface area (Å²) in [4.78, 5) is 33.6. The van der Waals surface area contributed by atoms with Gasteiger partial charge in [-0.25, -0.2) is 13.6 Å². The molecule has 0 N–H and O–H groups in total. The van der Waals surface area contributed by atoms with E-state index in [1.165, 1.54) is 15.4 Å². The van der Waals surface area contributed by atoms with Crippen LogP contribution in [0.1, 0.15) is 39.2 Å². The first-order valence-electron chi connectivity index (χ1n) is 12.2. The third-order valence-corrected chi connectivity index (χ3v) is 6.85. The molecule has 3 aliphatic rings. The van der Waals surface area contributed by atoms with Crippen molar-refractivity contribution >= 4 is 12.0 Å². The van der Waals surface area contributed by atoms with Gasteiger partial charge in [0, 0.05) is 58.3 Å². The van der Waals surface area contributed by atoms with Gasteiger partial charge in [0.05, 0.1) is 6.54 Å². The monoisotopic (exact) mass is 478 g/mol. The summed E-state index contributed by atoms with van der Waals surface area (Å²) in [6.45, 7) is 9.52. The summed E-state index contributed by atoms with van der Waals surface area (Å²) in [5.41, 5.74) is 0.577. The molecule has 0 saturated carbocycles. The predicted molar refractivity (Wildman–Crippen MR) is 125 cm³/mol. The molecule has 0 aliphatic carbocycles. The molecule has 3 heterocycles. The summed E-state index contributed by atoms with van der Waals surface area (Å²) in [6.07, 6.45) is -0.439. The van der Waals surface area contributed by atoms with Crippen molar-refractivity contribution in [1.82, 2.24) is 19.6 Å². The van der Waals surface area contributed by atoms with Crippen LogP contribution in [-0.2, 0) is 16.1 Å². The van der Waals surface area contributed by atoms with Crippen molar-refractivity contribution in [2.75, 3.05) is 45.8 Å². The number of hydrogen-bond donors (Lipinski definition) is 0. The molecule has 0 bridgehead atoms. The van der Waals surface area contributed by atoms with E-state index in [1.807, 2.05) is 18.2 Å². The molecule has 0 aromatic heterocycles. The highest BCUT2D eigenvalue weighted by molar-refractivity contribution is 5.87. The molecule has 34 heavy (non-hydrogen) atoms. The zero-order chi connectivity index (χ0) is 24.5. The summed E-state index contributed by atoms with van der Waals surface area (Å²) in [5.74, 6) is -3.26. The number of rotatable bonds is 4. The number of benzene rings is 1. The molecule has 2 amide bonds. The van der Waals surface area contributed by atoms with Gasteiger partial charge in [-0.3, -0.25) is 19.5 Å². The Hall–Kier alpha value is -2.26. The fourth-order valence-electron chi connectivity index (χ4n) is 5.10. The van der Waals surface area contributed by atoms with Gasteiger partial charge < -0.3 is 9.64 Å². The molecule has 0 spiro atoms. The summed E-state index contributed by atoms with van der Waals surface area (Å²) >= 11 is 0. The fraction of sp³-hybridized carbons (Fsp3) is 0.680. The van der Waals surface area contributed by atoms with Crippen LogP contribution in [0.5, 0.6) is 0 Å². The van der Waals surface area contributed by atoms with E-state index in [0.29, 0.717) is 13.0 Å². The Balaban J connectivity index is 1.40. The average Bonchev–Trinajstić information content (AvgIpc) is 3.37. The molecule has 1 aromatic carbocycles. The smallest absolute Gasteiger partial charge is 0.411 e. The van der Waals surface area contributed by atoms with Gasteiger partial charge in [-0.1, -0.05) is 30.3 Å². The number of hydrogen-bond acceptors (Lipinski definition) is 5. The van der Waals surface area contributed by atoms with Crippen LogP contribution in [0, 0.1) is 0 Å². The van der Waals surface area contributed by atoms with E-state index < -0.39 is 36.1 Å². The Morgan fingerprint density at radius 2 is 1.74 bits per heavy atom. The lowest BCUT2D eigenvalue weighted by Gasteiger charge is -2.38. The van der Waals surface area contributed by atoms with Gasteiger partial charge >= 0.3 is 6.09 Å². The van der Waals surface area contributed by atoms with E-state index in [9.17, 15) is 18.4 Å². The Labute approximate surface area is 200 Å². The molecule has 2 atom stereocenters. The van der Waals surface area contributed by atoms with Crippen LogP contribution in [0.4, 0.5) is 13.6 Å². The van der Waals surface area contributed by atoms with Crippen molar-refractivity contribution in [3.63, 3.8) is 0 Å². The van der Waals surface area contributed by atoms with E-state index >= 15 is 0 Å². The second-order valence-corrected chi connectivity index (χ2v) is 10.7. The number of halogens is 2. The molecule has 3 saturated heterocycles. The molecule has 9 heteroatoms. The molecule has 188 valence electrons. The second-order valence-electron chi connectivity index (χ2n) is 10.7. The molecule has 0 unspecified atom stereocenters. The van der Waals surface area contributed by atoms with Crippen LogP contribution in [0.15, 0.2) is 30.3 Å². The van der Waals surface area contributed by atoms with Crippen molar-refractivity contribution in [2.24, 2.45) is 0 Å². The minimum atomic E-state index is -2.86. The van der Waals surface area contributed by atoms with Gasteiger partial charge in [0.25, 0.3) is 5.92 Å². The summed E-state index contributed by atoms with van der Waals surface area (Å²) in [6, 6.07) is 9.59. The summed E-state index contributed by atoms with van der Waals surface area (Å²) < 4.78 is 33.1. The third-order valence-electron chi connectivity index (χ3n) is 6.85. The SMILES string of the molecule is CC(C)(C)OC(=O)N1C[C@@H](N2CCN(Cc3ccccc3)CC2)C[C@H]1C(=O)N1CCC(F)(F)C1. The van der Waals surface area contributed by atoms with E-state index in [-0.39, 0.29) is 19.0 Å². The lowest BCUT2D eigenvalue weighted by molar-refractivity contribution is -0.136. The Kier molecular flexibility index (Phi) is 7.14. The van der Waals surface area contributed by atoms with E-state index in [2.05, 4.69) is 21.9 Å². The maximum absolute atomic E-state index is 13.8. The highest BCUT2D eigenvalue weighted by Crippen LogP contribution is 2.31. The van der Waals surface area contributed by atoms with Crippen LogP contribution in [-0.4, -0.2) is 101 Å². The van der Waals surface area contributed by atoms with Crippen molar-refractivity contribution < 1.29 is 23.1 Å². The molecule has 7 nitrogen and oxygen atoms in total. The lowest BCUT2D eigenvalue weighted by Crippen LogP contribution is -2.51. The second kappa shape index (κ2) is 9.77. The number of amides is 2. The minimum Gasteiger partial charge on any atom is -0.444 e. The molecular formula is C25H36F2N4O3. The van der Waals surface area contributed by atoms with Gasteiger partial charge in [0.2, 0.25) is 5.91 Å². The highest BCUT2D eigenvalue weighted by Gasteiger charge is 2.48. The highest BCUT2D eigenvalue weighted by atomic mass is 19.3. The first kappa shape index (κ1) is 24.9. The maximum Gasteiger partial charge on any atom is 0.411 e. The number of likely N-dealkylation sites (tertiary alicyclic amines) is 2. The largest absolute Gasteiger partial charge is 0.444 e. The van der Waals surface area contributed by atoms with Crippen molar-refractivity contribution in [3.05, 3.63) is 35.9 Å². The van der Waals surface area contributed by atoms with Gasteiger partial charge in [-0.15, -0.1) is 0 Å². The maximum atomic E-state index is 13.8. The predicted octanol–water partition coefficient (Wildman–Crippen LogP) is 3.05. The molecule has 0 radical (unpaired) electrons. The lowest BCUT2D eigenvalue weighted by atomic mass is 10.1. The average molecular weight is 479 g/mol. The third kappa shape index (κ3) is 6.05. The zero-order valence-electron chi connectivity index (χ0n) is 20.4. The Morgan fingerprint density at radius 3 is 2.32 bits per heavy atom. The number of ether oxygens (including phenoxy) is 1. The van der Waals surface area contributed by atoms with Gasteiger partial charge in [0.15, 0.2) is 0 Å². The molecule has 4 rings (SSSR count). The minimum absolute atomic E-state index is 0.00320. The fourth-order valence-corrected chi connectivity index (χ4v) is 5.10. The number of carbonyl (C=O) groups excluding carboxylic acids is 2. The quantitative estimate of drug-likeness (QED) is 0.666. The van der Waals surface area contributed by atoms with Crippen LogP contribution in [0.25, 0.3) is 0 Å². The van der Waals surface area contributed by atoms with E-state index in [0.717, 1.165) is 32.7 Å². The summed E-state index contributed by atoms with van der Waals surface area (Å²) in [7, 11) is 0. The van der Waals surface area contributed by atoms with Crippen LogP contribution < -0.4 is 0 Å². The van der Waals surface area contributed by atoms with E-state index in [4.69, 9.17) is 4.74 Å². The van der Waals surface area contributed by atoms with Crippen LogP contribution in [0.3, 0.4) is 0 Å². The van der Waals surface area contributed by atoms with Crippen molar-refractivity contribution in [1.29, 1.82) is 0 Å². The number of carbonyl (C=O) groups is 2. The van der Waals surface area contributed by atoms with Crippen LogP contribution >= 0.6 is 0 Å². The topological polar surface area (TPSA) is 56.3 Å². The van der Waals surface area contributed by atoms with Gasteiger partial charge in [-0.05, 0) is 32.8 Å². The molecule has 3 fully saturated rings. The number of nitrogens with zero attached hydrogens (tertiary/aromatic N) is 4. The zero-order valence-corrected chi connectivity index (χ0v) is 20.4. The van der Waals surface area contributed by atoms with Gasteiger partial charge in [0.1, 0.15) is 11.6 Å². The Bertz CT molecular complexity index is 869. The standard InChI is InChI=1S/C25H36F2N4O3/c1-24(2,3)34-23(33)31-17-20(15-21(31)22(32)30-10-9-25(26,27)18-30)29-13-11-28(12-14-29)16-19-7-5-4-6-8-19/h4-8,20-21H,9-18H2,1-3H3/t20-,21-/m0/s1. The van der Waals surface area contributed by atoms with E-state index in [1.54, 1.807) is 20.8 Å². The van der Waals surface area contributed by atoms with Crippen molar-refractivity contribution in [3.8, 4) is 0 Å². The first-order chi connectivity index (χ1) is 16.0. The molecular weight excluding hydrogens is 442 g/mol. The molecule has 3 aliphatic heterocycles. The van der Waals surface area contributed by atoms with Crippen LogP contribution in [0.2, 0.25) is 0 Å². The normalized spacial score (nSPS) is 26.1. The summed E-state index contributed by atoms with van der Waals surface area (Å²) in [5, 5.41) is 0.